The van der Waals surface area contributed by atoms with E-state index in [1.165, 1.54) is 253 Å². The van der Waals surface area contributed by atoms with Gasteiger partial charge in [-0.3, -0.25) is 0 Å². The van der Waals surface area contributed by atoms with E-state index >= 15 is 0 Å². The molecule has 0 bridgehead atoms. The molecule has 135 heavy (non-hydrogen) atoms. The highest BCUT2D eigenvalue weighted by Crippen LogP contribution is 2.50. The number of nitrogens with zero attached hydrogens (tertiary/aromatic N) is 6. The molecule has 0 N–H and O–H groups in total. The molecule has 0 fully saturated rings. The first-order valence-electron chi connectivity index (χ1n) is 46.1. The highest BCUT2D eigenvalue weighted by atomic mass is 32.1. The maximum Gasteiger partial charge on any atom is 0.0727 e. The SMILES string of the molecule is c1ccc(-c2cc(-c3ccccc3)cc(-n3c4ccccc4c4cc(-n5c6ccccc6c6sc7ccccc7c65)ccc43)c2)cc1.c1ccc(-c2cccc(-n3c4ccccc4c4cc(-n5c6ccccc6c6sc7ccccc7c65)ccc43)c2)cc1.c1ccc2c(c1)sc1c3ccccc3n(-c3ccc4c(c3)c3ccccc3n4-c3ccc4c5ccccc5c5ccccc5c4c3)c21. The molecule has 9 heteroatoms. The predicted octanol–water partition coefficient (Wildman–Crippen LogP) is 35.7. The van der Waals surface area contributed by atoms with E-state index in [1.807, 2.05) is 34.0 Å². The summed E-state index contributed by atoms with van der Waals surface area (Å²) in [7, 11) is 0. The molecule has 6 nitrogen and oxygen atoms in total. The number of para-hydroxylation sites is 6. The van der Waals surface area contributed by atoms with Crippen molar-refractivity contribution in [3.05, 3.63) is 473 Å². The minimum atomic E-state index is 1.15. The van der Waals surface area contributed by atoms with Crippen LogP contribution in [0.25, 0.3) is 259 Å². The Morgan fingerprint density at radius 3 is 0.726 bits per heavy atom. The van der Waals surface area contributed by atoms with Crippen LogP contribution in [0.1, 0.15) is 0 Å². The van der Waals surface area contributed by atoms with Crippen LogP contribution >= 0.6 is 34.0 Å². The molecule has 630 valence electrons. The smallest absolute Gasteiger partial charge is 0.0727 e. The maximum atomic E-state index is 2.47. The van der Waals surface area contributed by atoms with Crippen molar-refractivity contribution in [3.63, 3.8) is 0 Å². The number of hydrogen-bond donors (Lipinski definition) is 0. The molecule has 0 spiro atoms. The molecule has 0 amide bonds. The number of hydrogen-bond acceptors (Lipinski definition) is 3. The summed E-state index contributed by atoms with van der Waals surface area (Å²) in [6.07, 6.45) is 0. The fraction of sp³-hybridized carbons (Fsp3) is 0. The molecule has 9 heterocycles. The van der Waals surface area contributed by atoms with Gasteiger partial charge in [0.2, 0.25) is 0 Å². The molecular formula is C126H78N6S3. The third-order valence-electron chi connectivity index (χ3n) is 27.9. The molecule has 0 aliphatic rings. The van der Waals surface area contributed by atoms with Gasteiger partial charge in [0, 0.05) is 113 Å². The van der Waals surface area contributed by atoms with Gasteiger partial charge < -0.3 is 27.4 Å². The summed E-state index contributed by atoms with van der Waals surface area (Å²) >= 11 is 5.67. The number of thiophene rings is 3. The Labute approximate surface area is 787 Å². The van der Waals surface area contributed by atoms with E-state index in [9.17, 15) is 0 Å². The van der Waals surface area contributed by atoms with Crippen LogP contribution in [0.15, 0.2) is 473 Å². The van der Waals surface area contributed by atoms with Crippen molar-refractivity contribution in [2.75, 3.05) is 0 Å². The zero-order valence-corrected chi connectivity index (χ0v) is 75.4. The molecule has 0 saturated carbocycles. The molecule has 0 saturated heterocycles. The quantitative estimate of drug-likeness (QED) is 0.129. The minimum absolute atomic E-state index is 1.15. The van der Waals surface area contributed by atoms with Crippen LogP contribution in [-0.4, -0.2) is 27.4 Å². The molecule has 0 aliphatic heterocycles. The second kappa shape index (κ2) is 30.9. The minimum Gasteiger partial charge on any atom is -0.309 e. The van der Waals surface area contributed by atoms with Gasteiger partial charge >= 0.3 is 0 Å². The topological polar surface area (TPSA) is 29.6 Å². The second-order valence-corrected chi connectivity index (χ2v) is 38.4. The van der Waals surface area contributed by atoms with Crippen molar-refractivity contribution in [3.8, 4) is 67.5 Å². The van der Waals surface area contributed by atoms with Gasteiger partial charge in [-0.2, -0.15) is 0 Å². The van der Waals surface area contributed by atoms with Gasteiger partial charge in [-0.25, -0.2) is 0 Å². The lowest BCUT2D eigenvalue weighted by Crippen LogP contribution is -1.97. The first-order chi connectivity index (χ1) is 67.0. The molecule has 21 aromatic carbocycles. The lowest BCUT2D eigenvalue weighted by molar-refractivity contribution is 1.17. The fourth-order valence-electron chi connectivity index (χ4n) is 22.0. The van der Waals surface area contributed by atoms with Crippen LogP contribution in [0, 0.1) is 0 Å². The van der Waals surface area contributed by atoms with Gasteiger partial charge in [0.05, 0.1) is 80.3 Å². The van der Waals surface area contributed by atoms with Crippen molar-refractivity contribution in [2.24, 2.45) is 0 Å². The predicted molar refractivity (Wildman–Crippen MR) is 580 cm³/mol. The van der Waals surface area contributed by atoms with Crippen LogP contribution in [0.5, 0.6) is 0 Å². The highest BCUT2D eigenvalue weighted by molar-refractivity contribution is 7.27. The third kappa shape index (κ3) is 12.1. The van der Waals surface area contributed by atoms with E-state index in [0.29, 0.717) is 0 Å². The highest BCUT2D eigenvalue weighted by Gasteiger charge is 2.26. The van der Waals surface area contributed by atoms with Gasteiger partial charge in [-0.05, 0) is 217 Å². The zero-order valence-electron chi connectivity index (χ0n) is 72.9. The summed E-state index contributed by atoms with van der Waals surface area (Å²) in [6.45, 7) is 0. The normalized spacial score (nSPS) is 12.0. The summed E-state index contributed by atoms with van der Waals surface area (Å²) in [5.74, 6) is 0. The van der Waals surface area contributed by atoms with E-state index in [1.54, 1.807) is 0 Å². The molecule has 30 aromatic rings. The number of aromatic nitrogens is 6. The van der Waals surface area contributed by atoms with E-state index in [-0.39, 0.29) is 0 Å². The summed E-state index contributed by atoms with van der Waals surface area (Å²) in [5.41, 5.74) is 29.2. The summed E-state index contributed by atoms with van der Waals surface area (Å²) in [5, 5.41) is 23.1. The van der Waals surface area contributed by atoms with Crippen molar-refractivity contribution in [1.82, 2.24) is 27.4 Å². The Morgan fingerprint density at radius 1 is 0.119 bits per heavy atom. The van der Waals surface area contributed by atoms with E-state index in [0.717, 1.165) is 5.69 Å². The Morgan fingerprint density at radius 2 is 0.356 bits per heavy atom. The molecule has 0 unspecified atom stereocenters. The van der Waals surface area contributed by atoms with Crippen LogP contribution < -0.4 is 0 Å². The Bertz CT molecular complexity index is 9990. The van der Waals surface area contributed by atoms with E-state index in [2.05, 4.69) is 501 Å². The van der Waals surface area contributed by atoms with Gasteiger partial charge in [0.1, 0.15) is 0 Å². The summed E-state index contributed by atoms with van der Waals surface area (Å²) < 4.78 is 22.7. The number of benzene rings is 21. The van der Waals surface area contributed by atoms with Crippen LogP contribution in [-0.2, 0) is 0 Å². The molecule has 0 aliphatic carbocycles. The van der Waals surface area contributed by atoms with Gasteiger partial charge in [-0.1, -0.05) is 322 Å². The molecule has 0 radical (unpaired) electrons. The largest absolute Gasteiger partial charge is 0.309 e. The summed E-state index contributed by atoms with van der Waals surface area (Å²) in [4.78, 5) is 0. The Kier molecular flexibility index (Phi) is 17.6. The van der Waals surface area contributed by atoms with E-state index < -0.39 is 0 Å². The number of fused-ring (bicyclic) bond motifs is 30. The average Bonchev–Trinajstić information content (AvgIpc) is 1.57. The monoisotopic (exact) mass is 1770 g/mol. The van der Waals surface area contributed by atoms with Gasteiger partial charge in [-0.15, -0.1) is 34.0 Å². The second-order valence-electron chi connectivity index (χ2n) is 35.3. The zero-order chi connectivity index (χ0) is 88.5. The maximum absolute atomic E-state index is 2.47. The standard InChI is InChI=1S/C44H26N2S.C44H28N2S.C38H24N2S/c1-2-13-31-29(11-1)30-12-3-4-14-32(30)37-25-27(21-23-33(31)37)45-39-18-8-5-15-34(39)38-26-28(22-24-41(38)45)46-40-19-9-6-16-35(40)44-43(46)36-17-7-10-20-42(36)47-44;1-3-13-29(14-4-1)31-25-32(30-15-5-2-6-16-30)27-34(26-31)45-39-20-10-7-17-35(39)38-28-33(23-24-41(38)45)46-40-21-11-8-18-36(40)44-43(46)37-19-9-12-22-42(37)47-44;1-2-11-25(12-3-1)26-13-10-14-27(23-26)39-33-18-7-4-15-29(33)32-24-28(21-22-35(32)39)40-34-19-8-5-16-30(34)38-37(40)31-17-6-9-20-36(31)41-38/h1-26H;1-28H;1-24H. The first-order valence-corrected chi connectivity index (χ1v) is 48.5. The lowest BCUT2D eigenvalue weighted by atomic mass is 9.94. The molecule has 0 atom stereocenters. The van der Waals surface area contributed by atoms with Crippen LogP contribution in [0.3, 0.4) is 0 Å². The van der Waals surface area contributed by atoms with Crippen LogP contribution in [0.2, 0.25) is 0 Å². The molecule has 30 rings (SSSR count). The van der Waals surface area contributed by atoms with Crippen molar-refractivity contribution in [1.29, 1.82) is 0 Å². The Hall–Kier alpha value is -16.9. The van der Waals surface area contributed by atoms with E-state index in [4.69, 9.17) is 0 Å². The van der Waals surface area contributed by atoms with Crippen LogP contribution in [0.4, 0.5) is 0 Å². The number of rotatable bonds is 9. The van der Waals surface area contributed by atoms with Crippen molar-refractivity contribution in [2.45, 2.75) is 0 Å². The molecular weight excluding hydrogens is 1690 g/mol. The van der Waals surface area contributed by atoms with Crippen molar-refractivity contribution < 1.29 is 0 Å². The first kappa shape index (κ1) is 76.9. The lowest BCUT2D eigenvalue weighted by Gasteiger charge is -2.14. The molecule has 9 aromatic heterocycles. The fourth-order valence-corrected chi connectivity index (χ4v) is 25.7. The summed E-state index contributed by atoms with van der Waals surface area (Å²) in [6, 6.07) is 173. The Balaban J connectivity index is 0.000000101. The van der Waals surface area contributed by atoms with Gasteiger partial charge in [0.25, 0.3) is 0 Å². The third-order valence-corrected chi connectivity index (χ3v) is 31.5. The van der Waals surface area contributed by atoms with Gasteiger partial charge in [0.15, 0.2) is 0 Å². The van der Waals surface area contributed by atoms with Crippen molar-refractivity contribution >= 4 is 225 Å². The average molecular weight is 1770 g/mol.